The van der Waals surface area contributed by atoms with Crippen molar-refractivity contribution in [1.29, 1.82) is 0 Å². The van der Waals surface area contributed by atoms with E-state index in [1.54, 1.807) is 13.1 Å². The lowest BCUT2D eigenvalue weighted by atomic mass is 9.98. The second-order valence-corrected chi connectivity index (χ2v) is 5.66. The maximum absolute atomic E-state index is 12.5. The van der Waals surface area contributed by atoms with Crippen molar-refractivity contribution in [2.45, 2.75) is 26.7 Å². The Morgan fingerprint density at radius 1 is 1.33 bits per heavy atom. The van der Waals surface area contributed by atoms with Crippen LogP contribution in [0.4, 0.5) is 0 Å². The maximum Gasteiger partial charge on any atom is 0.255 e. The number of hydrogen-bond donors (Lipinski definition) is 0. The maximum atomic E-state index is 12.5. The summed E-state index contributed by atoms with van der Waals surface area (Å²) in [6, 6.07) is 3.67. The Labute approximate surface area is 123 Å². The second kappa shape index (κ2) is 5.27. The van der Waals surface area contributed by atoms with Crippen molar-refractivity contribution >= 4 is 5.91 Å². The van der Waals surface area contributed by atoms with Crippen LogP contribution in [0.3, 0.4) is 0 Å². The standard InChI is InChI=1S/C15H18N4O2/c1-9-7-19(8-13(9)14-17-11(3)18-21-14)15(20)12-5-4-10(2)16-6-12/h4-6,9,13H,7-8H2,1-3H3/t9-,13-/m1/s1. The molecule has 1 aliphatic heterocycles. The Hall–Kier alpha value is -2.24. The number of aryl methyl sites for hydroxylation is 2. The zero-order valence-electron chi connectivity index (χ0n) is 12.4. The molecule has 1 saturated heterocycles. The normalized spacial score (nSPS) is 21.8. The number of hydrogen-bond acceptors (Lipinski definition) is 5. The number of aromatic nitrogens is 3. The molecule has 2 aromatic rings. The van der Waals surface area contributed by atoms with E-state index >= 15 is 0 Å². The first-order valence-electron chi connectivity index (χ1n) is 7.06. The van der Waals surface area contributed by atoms with Crippen LogP contribution in [0, 0.1) is 19.8 Å². The first-order valence-corrected chi connectivity index (χ1v) is 7.06. The Kier molecular flexibility index (Phi) is 3.45. The van der Waals surface area contributed by atoms with Crippen LogP contribution < -0.4 is 0 Å². The number of rotatable bonds is 2. The molecule has 2 aromatic heterocycles. The van der Waals surface area contributed by atoms with E-state index in [1.165, 1.54) is 0 Å². The second-order valence-electron chi connectivity index (χ2n) is 5.66. The molecule has 21 heavy (non-hydrogen) atoms. The highest BCUT2D eigenvalue weighted by molar-refractivity contribution is 5.94. The lowest BCUT2D eigenvalue weighted by Crippen LogP contribution is -2.29. The van der Waals surface area contributed by atoms with E-state index in [4.69, 9.17) is 4.52 Å². The molecule has 1 fully saturated rings. The predicted octanol–water partition coefficient (Wildman–Crippen LogP) is 1.96. The van der Waals surface area contributed by atoms with Crippen molar-refractivity contribution in [2.24, 2.45) is 5.92 Å². The molecule has 0 aliphatic carbocycles. The van der Waals surface area contributed by atoms with E-state index in [0.717, 1.165) is 5.69 Å². The molecule has 6 heteroatoms. The van der Waals surface area contributed by atoms with Gasteiger partial charge in [-0.1, -0.05) is 12.1 Å². The van der Waals surface area contributed by atoms with Crippen molar-refractivity contribution in [3.63, 3.8) is 0 Å². The zero-order valence-corrected chi connectivity index (χ0v) is 12.4. The summed E-state index contributed by atoms with van der Waals surface area (Å²) in [6.07, 6.45) is 1.63. The molecule has 0 aromatic carbocycles. The van der Waals surface area contributed by atoms with Crippen LogP contribution in [-0.4, -0.2) is 39.0 Å². The predicted molar refractivity (Wildman–Crippen MR) is 75.8 cm³/mol. The molecule has 0 saturated carbocycles. The molecule has 0 radical (unpaired) electrons. The van der Waals surface area contributed by atoms with Crippen molar-refractivity contribution in [2.75, 3.05) is 13.1 Å². The van der Waals surface area contributed by atoms with Gasteiger partial charge in [0.25, 0.3) is 5.91 Å². The van der Waals surface area contributed by atoms with Crippen LogP contribution in [0.5, 0.6) is 0 Å². The zero-order chi connectivity index (χ0) is 15.0. The third-order valence-corrected chi connectivity index (χ3v) is 3.92. The molecule has 0 unspecified atom stereocenters. The van der Waals surface area contributed by atoms with Crippen molar-refractivity contribution < 1.29 is 9.32 Å². The first-order chi connectivity index (χ1) is 10.0. The molecular formula is C15H18N4O2. The highest BCUT2D eigenvalue weighted by Crippen LogP contribution is 2.32. The summed E-state index contributed by atoms with van der Waals surface area (Å²) in [5.41, 5.74) is 1.52. The Bertz CT molecular complexity index is 650. The highest BCUT2D eigenvalue weighted by Gasteiger charge is 2.37. The minimum Gasteiger partial charge on any atom is -0.339 e. The average Bonchev–Trinajstić information content (AvgIpc) is 3.05. The number of carbonyl (C=O) groups is 1. The van der Waals surface area contributed by atoms with E-state index in [2.05, 4.69) is 22.0 Å². The molecule has 0 spiro atoms. The van der Waals surface area contributed by atoms with Crippen LogP contribution in [0.15, 0.2) is 22.9 Å². The Morgan fingerprint density at radius 2 is 2.14 bits per heavy atom. The summed E-state index contributed by atoms with van der Waals surface area (Å²) in [5, 5.41) is 3.83. The van der Waals surface area contributed by atoms with Gasteiger partial charge in [-0.05, 0) is 31.9 Å². The monoisotopic (exact) mass is 286 g/mol. The van der Waals surface area contributed by atoms with E-state index in [9.17, 15) is 4.79 Å². The van der Waals surface area contributed by atoms with Crippen LogP contribution >= 0.6 is 0 Å². The minimum absolute atomic E-state index is 0.00749. The summed E-state index contributed by atoms with van der Waals surface area (Å²) in [7, 11) is 0. The van der Waals surface area contributed by atoms with Gasteiger partial charge < -0.3 is 9.42 Å². The van der Waals surface area contributed by atoms with E-state index in [1.807, 2.05) is 24.0 Å². The highest BCUT2D eigenvalue weighted by atomic mass is 16.5. The lowest BCUT2D eigenvalue weighted by Gasteiger charge is -2.15. The van der Waals surface area contributed by atoms with Crippen LogP contribution in [0.1, 0.15) is 40.6 Å². The number of carbonyl (C=O) groups excluding carboxylic acids is 1. The molecule has 6 nitrogen and oxygen atoms in total. The smallest absolute Gasteiger partial charge is 0.255 e. The van der Waals surface area contributed by atoms with Crippen molar-refractivity contribution in [3.8, 4) is 0 Å². The minimum atomic E-state index is 0.00749. The Morgan fingerprint density at radius 3 is 2.76 bits per heavy atom. The molecule has 110 valence electrons. The van der Waals surface area contributed by atoms with Crippen molar-refractivity contribution in [3.05, 3.63) is 41.3 Å². The van der Waals surface area contributed by atoms with Gasteiger partial charge in [-0.2, -0.15) is 4.98 Å². The summed E-state index contributed by atoms with van der Waals surface area (Å²) >= 11 is 0. The number of nitrogens with zero attached hydrogens (tertiary/aromatic N) is 4. The third kappa shape index (κ3) is 2.66. The van der Waals surface area contributed by atoms with Gasteiger partial charge >= 0.3 is 0 Å². The molecule has 0 N–H and O–H groups in total. The van der Waals surface area contributed by atoms with E-state index in [0.29, 0.717) is 36.3 Å². The van der Waals surface area contributed by atoms with E-state index in [-0.39, 0.29) is 11.8 Å². The summed E-state index contributed by atoms with van der Waals surface area (Å²) in [6.45, 7) is 7.10. The van der Waals surface area contributed by atoms with Crippen LogP contribution in [0.2, 0.25) is 0 Å². The molecule has 0 bridgehead atoms. The fourth-order valence-corrected chi connectivity index (χ4v) is 2.69. The summed E-state index contributed by atoms with van der Waals surface area (Å²) in [4.78, 5) is 22.8. The van der Waals surface area contributed by atoms with Gasteiger partial charge in [-0.3, -0.25) is 9.78 Å². The average molecular weight is 286 g/mol. The fraction of sp³-hybridized carbons (Fsp3) is 0.467. The summed E-state index contributed by atoms with van der Waals surface area (Å²) in [5.74, 6) is 1.66. The lowest BCUT2D eigenvalue weighted by molar-refractivity contribution is 0.0785. The number of likely N-dealkylation sites (tertiary alicyclic amines) is 1. The van der Waals surface area contributed by atoms with Crippen LogP contribution in [0.25, 0.3) is 0 Å². The largest absolute Gasteiger partial charge is 0.339 e. The van der Waals surface area contributed by atoms with Crippen LogP contribution in [-0.2, 0) is 0 Å². The SMILES string of the molecule is Cc1ccc(C(=O)N2C[C@@H](C)[C@H](c3nc(C)no3)C2)cn1. The van der Waals surface area contributed by atoms with Gasteiger partial charge in [0.15, 0.2) is 5.82 Å². The first kappa shape index (κ1) is 13.7. The van der Waals surface area contributed by atoms with Gasteiger partial charge in [-0.15, -0.1) is 0 Å². The van der Waals surface area contributed by atoms with Gasteiger partial charge in [0.2, 0.25) is 5.89 Å². The topological polar surface area (TPSA) is 72.1 Å². The summed E-state index contributed by atoms with van der Waals surface area (Å²) < 4.78 is 5.26. The van der Waals surface area contributed by atoms with Gasteiger partial charge in [-0.25, -0.2) is 0 Å². The van der Waals surface area contributed by atoms with E-state index < -0.39 is 0 Å². The molecule has 3 rings (SSSR count). The Balaban J connectivity index is 1.76. The van der Waals surface area contributed by atoms with Gasteiger partial charge in [0.1, 0.15) is 0 Å². The van der Waals surface area contributed by atoms with Crippen molar-refractivity contribution in [1.82, 2.24) is 20.0 Å². The number of amides is 1. The molecule has 1 aliphatic rings. The van der Waals surface area contributed by atoms with Gasteiger partial charge in [0.05, 0.1) is 11.5 Å². The third-order valence-electron chi connectivity index (χ3n) is 3.92. The molecular weight excluding hydrogens is 268 g/mol. The quantitative estimate of drug-likeness (QED) is 0.843. The molecule has 1 amide bonds. The molecule has 3 heterocycles. The fourth-order valence-electron chi connectivity index (χ4n) is 2.69. The number of pyridine rings is 1. The molecule has 2 atom stereocenters. The van der Waals surface area contributed by atoms with Gasteiger partial charge in [0, 0.05) is 25.0 Å².